The molecule has 2 saturated heterocycles. The summed E-state index contributed by atoms with van der Waals surface area (Å²) in [6.45, 7) is 5.90. The highest BCUT2D eigenvalue weighted by atomic mass is 35.5. The van der Waals surface area contributed by atoms with E-state index in [0.29, 0.717) is 42.0 Å². The Bertz CT molecular complexity index is 1320. The number of nitrogens with one attached hydrogen (secondary N) is 1. The first-order valence-electron chi connectivity index (χ1n) is 11.8. The van der Waals surface area contributed by atoms with E-state index in [9.17, 15) is 9.50 Å². The van der Waals surface area contributed by atoms with Crippen LogP contribution < -0.4 is 5.32 Å². The predicted molar refractivity (Wildman–Crippen MR) is 126 cm³/mol. The summed E-state index contributed by atoms with van der Waals surface area (Å²) < 4.78 is 42.7. The fourth-order valence-electron chi connectivity index (χ4n) is 5.13. The smallest absolute Gasteiger partial charge is 0.223 e. The Morgan fingerprint density at radius 1 is 1.31 bits per heavy atom. The normalized spacial score (nSPS) is 31.9. The number of anilines is 1. The molecule has 3 aromatic rings. The van der Waals surface area contributed by atoms with E-state index in [0.717, 1.165) is 0 Å². The van der Waals surface area contributed by atoms with Crippen LogP contribution in [0.4, 0.5) is 14.7 Å². The lowest BCUT2D eigenvalue weighted by atomic mass is 10.0. The van der Waals surface area contributed by atoms with Crippen LogP contribution in [0.2, 0.25) is 5.02 Å². The fourth-order valence-corrected chi connectivity index (χ4v) is 5.33. The van der Waals surface area contributed by atoms with Crippen LogP contribution in [0.3, 0.4) is 0 Å². The Morgan fingerprint density at radius 3 is 2.80 bits per heavy atom. The number of nitrogens with zero attached hydrogens (tertiary/aromatic N) is 4. The number of aliphatic hydroxyl groups excluding tert-OH is 1. The molecule has 3 fully saturated rings. The van der Waals surface area contributed by atoms with E-state index in [1.807, 2.05) is 18.4 Å². The van der Waals surface area contributed by atoms with Gasteiger partial charge in [0.15, 0.2) is 12.1 Å². The molecule has 6 rings (SSSR count). The molecule has 0 amide bonds. The Kier molecular flexibility index (Phi) is 5.30. The summed E-state index contributed by atoms with van der Waals surface area (Å²) in [5.41, 5.74) is 0.220. The lowest BCUT2D eigenvalue weighted by molar-refractivity contribution is -0.156. The molecule has 1 aliphatic carbocycles. The molecule has 4 heterocycles. The van der Waals surface area contributed by atoms with Crippen molar-refractivity contribution in [3.8, 4) is 11.3 Å². The molecule has 2 N–H and O–H groups in total. The van der Waals surface area contributed by atoms with Crippen LogP contribution in [0.1, 0.15) is 51.4 Å². The van der Waals surface area contributed by atoms with E-state index in [1.54, 1.807) is 13.0 Å². The summed E-state index contributed by atoms with van der Waals surface area (Å²) >= 11 is 6.43. The molecule has 0 spiro atoms. The number of fused-ring (bicyclic) bond motifs is 3. The number of alkyl halides is 1. The van der Waals surface area contributed by atoms with Crippen molar-refractivity contribution >= 4 is 28.6 Å². The zero-order valence-corrected chi connectivity index (χ0v) is 20.3. The van der Waals surface area contributed by atoms with Crippen LogP contribution in [0, 0.1) is 5.82 Å². The quantitative estimate of drug-likeness (QED) is 0.531. The van der Waals surface area contributed by atoms with E-state index in [-0.39, 0.29) is 40.6 Å². The maximum atomic E-state index is 15.3. The van der Waals surface area contributed by atoms with E-state index in [1.165, 1.54) is 12.3 Å². The third-order valence-electron chi connectivity index (χ3n) is 7.09. The minimum absolute atomic E-state index is 0.0493. The zero-order valence-electron chi connectivity index (χ0n) is 19.5. The molecule has 2 bridgehead atoms. The first-order valence-corrected chi connectivity index (χ1v) is 12.1. The summed E-state index contributed by atoms with van der Waals surface area (Å²) in [5, 5.41) is 13.9. The number of rotatable bonds is 5. The van der Waals surface area contributed by atoms with Crippen LogP contribution in [0.5, 0.6) is 0 Å². The topological polar surface area (TPSA) is 94.3 Å². The average molecular weight is 506 g/mol. The molecule has 35 heavy (non-hydrogen) atoms. The van der Waals surface area contributed by atoms with Crippen molar-refractivity contribution in [1.82, 2.24) is 19.5 Å². The highest BCUT2D eigenvalue weighted by Gasteiger charge is 2.54. The van der Waals surface area contributed by atoms with Crippen molar-refractivity contribution in [2.24, 2.45) is 0 Å². The Morgan fingerprint density at radius 2 is 2.09 bits per heavy atom. The van der Waals surface area contributed by atoms with Crippen molar-refractivity contribution in [3.05, 3.63) is 35.0 Å². The van der Waals surface area contributed by atoms with Crippen molar-refractivity contribution in [1.29, 1.82) is 0 Å². The number of benzene rings is 1. The number of aliphatic hydroxyl groups is 1. The summed E-state index contributed by atoms with van der Waals surface area (Å²) in [5.74, 6) is -0.0853. The highest BCUT2D eigenvalue weighted by Crippen LogP contribution is 2.54. The van der Waals surface area contributed by atoms with Crippen LogP contribution in [0.15, 0.2) is 18.3 Å². The Hall–Kier alpha value is -2.40. The Balaban J connectivity index is 1.38. The standard InChI is InChI=1S/C24H26ClF2N5O3/c1-10(2)32-17-5-11(4-15(26)19(17)30-21(32)13-7-24(13,3)27)18-14(25)8-28-23(31-18)29-16-6-12-9-34-22(35-12)20(16)33/h4-5,8,10,12-13,16,20,22,33H,6-7,9H2,1-3H3,(H,28,29,31)/t12-,13?,16+,20-,22+,24?/m0/s1. The molecule has 11 heteroatoms. The first-order chi connectivity index (χ1) is 16.6. The Labute approximate surface area is 205 Å². The van der Waals surface area contributed by atoms with Gasteiger partial charge in [-0.15, -0.1) is 0 Å². The third kappa shape index (κ3) is 3.87. The first kappa shape index (κ1) is 23.0. The van der Waals surface area contributed by atoms with Crippen molar-refractivity contribution in [3.63, 3.8) is 0 Å². The number of ether oxygens (including phenoxy) is 2. The molecular weight excluding hydrogens is 480 g/mol. The third-order valence-corrected chi connectivity index (χ3v) is 7.36. The van der Waals surface area contributed by atoms with Crippen molar-refractivity contribution in [2.75, 3.05) is 11.9 Å². The summed E-state index contributed by atoms with van der Waals surface area (Å²) in [6.07, 6.45) is 0.673. The monoisotopic (exact) mass is 505 g/mol. The van der Waals surface area contributed by atoms with Crippen LogP contribution in [-0.4, -0.2) is 61.4 Å². The van der Waals surface area contributed by atoms with E-state index in [2.05, 4.69) is 20.3 Å². The van der Waals surface area contributed by atoms with Gasteiger partial charge in [0.2, 0.25) is 5.95 Å². The maximum Gasteiger partial charge on any atom is 0.223 e. The van der Waals surface area contributed by atoms with Crippen molar-refractivity contribution in [2.45, 2.75) is 75.8 Å². The number of imidazole rings is 1. The van der Waals surface area contributed by atoms with Crippen LogP contribution in [0.25, 0.3) is 22.3 Å². The van der Waals surface area contributed by atoms with Crippen molar-refractivity contribution < 1.29 is 23.4 Å². The van der Waals surface area contributed by atoms with Gasteiger partial charge >= 0.3 is 0 Å². The summed E-state index contributed by atoms with van der Waals surface area (Å²) in [6, 6.07) is 2.70. The van der Waals surface area contributed by atoms with Gasteiger partial charge in [-0.2, -0.15) is 0 Å². The number of halogens is 3. The summed E-state index contributed by atoms with van der Waals surface area (Å²) in [4.78, 5) is 13.3. The molecule has 1 aromatic carbocycles. The fraction of sp³-hybridized carbons (Fsp3) is 0.542. The highest BCUT2D eigenvalue weighted by molar-refractivity contribution is 6.33. The second-order valence-corrected chi connectivity index (χ2v) is 10.5. The van der Waals surface area contributed by atoms with Crippen LogP contribution >= 0.6 is 11.6 Å². The predicted octanol–water partition coefficient (Wildman–Crippen LogP) is 4.37. The molecule has 3 aliphatic rings. The van der Waals surface area contributed by atoms with E-state index >= 15 is 4.39 Å². The SMILES string of the molecule is CC(C)n1c(C2CC2(C)F)nc2c(F)cc(-c3nc(N[C@@H]4C[C@H]5CO[C@H](O5)[C@H]4O)ncc3Cl)cc21. The second kappa shape index (κ2) is 8.06. The lowest BCUT2D eigenvalue weighted by Crippen LogP contribution is -2.48. The van der Waals surface area contributed by atoms with E-state index < -0.39 is 23.9 Å². The molecular formula is C24H26ClF2N5O3. The molecule has 1 saturated carbocycles. The molecule has 6 atom stereocenters. The van der Waals surface area contributed by atoms with Gasteiger partial charge in [-0.3, -0.25) is 0 Å². The lowest BCUT2D eigenvalue weighted by Gasteiger charge is -2.32. The number of aromatic nitrogens is 4. The molecule has 2 aromatic heterocycles. The number of hydrogen-bond donors (Lipinski definition) is 2. The van der Waals surface area contributed by atoms with Gasteiger partial charge in [0, 0.05) is 11.6 Å². The minimum Gasteiger partial charge on any atom is -0.386 e. The van der Waals surface area contributed by atoms with Gasteiger partial charge in [-0.25, -0.2) is 23.7 Å². The van der Waals surface area contributed by atoms with Gasteiger partial charge < -0.3 is 24.5 Å². The van der Waals surface area contributed by atoms with Gasteiger partial charge in [-0.05, 0) is 45.7 Å². The van der Waals surface area contributed by atoms with E-state index in [4.69, 9.17) is 21.1 Å². The minimum atomic E-state index is -1.33. The summed E-state index contributed by atoms with van der Waals surface area (Å²) in [7, 11) is 0. The largest absolute Gasteiger partial charge is 0.386 e. The molecule has 2 unspecified atom stereocenters. The molecule has 0 radical (unpaired) electrons. The zero-order chi connectivity index (χ0) is 24.6. The average Bonchev–Trinajstić information content (AvgIpc) is 3.13. The molecule has 8 nitrogen and oxygen atoms in total. The van der Waals surface area contributed by atoms with Gasteiger partial charge in [0.1, 0.15) is 23.1 Å². The van der Waals surface area contributed by atoms with Gasteiger partial charge in [0.05, 0.1) is 47.1 Å². The van der Waals surface area contributed by atoms with Gasteiger partial charge in [0.25, 0.3) is 0 Å². The molecule has 2 aliphatic heterocycles. The number of hydrogen-bond acceptors (Lipinski definition) is 7. The maximum absolute atomic E-state index is 15.3. The molecule has 186 valence electrons. The van der Waals surface area contributed by atoms with Gasteiger partial charge in [-0.1, -0.05) is 11.6 Å². The van der Waals surface area contributed by atoms with Crippen LogP contribution in [-0.2, 0) is 9.47 Å². The second-order valence-electron chi connectivity index (χ2n) is 10.1.